The highest BCUT2D eigenvalue weighted by molar-refractivity contribution is 7.13. The zero-order valence-electron chi connectivity index (χ0n) is 20.4. The summed E-state index contributed by atoms with van der Waals surface area (Å²) in [5, 5.41) is 21.8. The molecule has 0 saturated carbocycles. The summed E-state index contributed by atoms with van der Waals surface area (Å²) in [4.78, 5) is 32.5. The van der Waals surface area contributed by atoms with Crippen molar-refractivity contribution < 1.29 is 24.5 Å². The van der Waals surface area contributed by atoms with Gasteiger partial charge in [0.1, 0.15) is 17.1 Å². The first kappa shape index (κ1) is 25.1. The molecule has 0 saturated heterocycles. The number of thiazole rings is 1. The highest BCUT2D eigenvalue weighted by Crippen LogP contribution is 2.37. The summed E-state index contributed by atoms with van der Waals surface area (Å²) in [6, 6.07) is 16.3. The number of carboxylic acid groups (broad SMARTS) is 2. The Morgan fingerprint density at radius 1 is 1.03 bits per heavy atom. The second-order valence-corrected chi connectivity index (χ2v) is 9.49. The van der Waals surface area contributed by atoms with Gasteiger partial charge in [0.05, 0.1) is 45.7 Å². The quantitative estimate of drug-likeness (QED) is 0.220. The molecule has 192 valence electrons. The zero-order chi connectivity index (χ0) is 26.8. The lowest BCUT2D eigenvalue weighted by Gasteiger charge is -2.13. The van der Waals surface area contributed by atoms with Crippen LogP contribution < -0.4 is 10.5 Å². The van der Waals surface area contributed by atoms with Crippen molar-refractivity contribution in [2.75, 3.05) is 13.2 Å². The number of carbonyl (C=O) groups is 2. The van der Waals surface area contributed by atoms with Crippen molar-refractivity contribution in [1.29, 1.82) is 0 Å². The van der Waals surface area contributed by atoms with E-state index >= 15 is 0 Å². The molecule has 0 radical (unpaired) electrons. The monoisotopic (exact) mass is 528 g/mol. The van der Waals surface area contributed by atoms with Gasteiger partial charge in [0, 0.05) is 17.0 Å². The van der Waals surface area contributed by atoms with Crippen LogP contribution in [0.1, 0.15) is 32.7 Å². The van der Waals surface area contributed by atoms with E-state index in [4.69, 9.17) is 15.5 Å². The zero-order valence-corrected chi connectivity index (χ0v) is 21.2. The second-order valence-electron chi connectivity index (χ2n) is 8.64. The third kappa shape index (κ3) is 4.74. The average molecular weight is 529 g/mol. The van der Waals surface area contributed by atoms with Crippen LogP contribution in [0.15, 0.2) is 66.3 Å². The Morgan fingerprint density at radius 2 is 1.79 bits per heavy atom. The number of aromatic nitrogens is 3. The standard InChI is InChI=1S/C28H24N4O5S/c1-16-5-2-3-6-18(16)23-14-38-26(31-23)19-8-7-17(11-25(19)37-10-4-9-29)32-15-30-22-12-20(27(33)34)21(28(35)36)13-24(22)32/h2-3,5-8,11-15H,4,9-10,29H2,1H3,(H,33,34)(H,35,36). The minimum Gasteiger partial charge on any atom is -0.493 e. The van der Waals surface area contributed by atoms with Gasteiger partial charge in [0.15, 0.2) is 0 Å². The molecule has 5 rings (SSSR count). The summed E-state index contributed by atoms with van der Waals surface area (Å²) >= 11 is 1.52. The Balaban J connectivity index is 1.59. The molecule has 0 amide bonds. The van der Waals surface area contributed by atoms with Gasteiger partial charge in [-0.3, -0.25) is 4.57 Å². The van der Waals surface area contributed by atoms with E-state index in [2.05, 4.69) is 18.0 Å². The number of carboxylic acids is 2. The van der Waals surface area contributed by atoms with Crippen LogP contribution in [0.25, 0.3) is 38.5 Å². The number of fused-ring (bicyclic) bond motifs is 1. The Morgan fingerprint density at radius 3 is 2.53 bits per heavy atom. The number of benzene rings is 3. The van der Waals surface area contributed by atoms with E-state index in [1.165, 1.54) is 29.8 Å². The van der Waals surface area contributed by atoms with Gasteiger partial charge in [-0.2, -0.15) is 0 Å². The van der Waals surface area contributed by atoms with Crippen LogP contribution in [0.2, 0.25) is 0 Å². The molecule has 0 fully saturated rings. The first-order valence-electron chi connectivity index (χ1n) is 11.8. The van der Waals surface area contributed by atoms with Gasteiger partial charge in [0.25, 0.3) is 0 Å². The highest BCUT2D eigenvalue weighted by Gasteiger charge is 2.20. The van der Waals surface area contributed by atoms with Crippen LogP contribution in [0.5, 0.6) is 5.75 Å². The van der Waals surface area contributed by atoms with Crippen LogP contribution in [-0.2, 0) is 0 Å². The molecule has 2 aromatic heterocycles. The molecule has 0 unspecified atom stereocenters. The molecule has 3 aromatic carbocycles. The molecule has 4 N–H and O–H groups in total. The van der Waals surface area contributed by atoms with Crippen molar-refractivity contribution in [1.82, 2.24) is 14.5 Å². The van der Waals surface area contributed by atoms with E-state index in [0.717, 1.165) is 27.4 Å². The van der Waals surface area contributed by atoms with Crippen LogP contribution >= 0.6 is 11.3 Å². The molecule has 2 heterocycles. The summed E-state index contributed by atoms with van der Waals surface area (Å²) in [7, 11) is 0. The molecular weight excluding hydrogens is 504 g/mol. The molecular formula is C28H24N4O5S. The number of aryl methyl sites for hydroxylation is 1. The summed E-state index contributed by atoms with van der Waals surface area (Å²) < 4.78 is 7.82. The Kier molecular flexibility index (Phi) is 6.91. The minimum atomic E-state index is -1.33. The molecule has 0 aliphatic heterocycles. The maximum absolute atomic E-state index is 11.7. The fraction of sp³-hybridized carbons (Fsp3) is 0.143. The lowest BCUT2D eigenvalue weighted by Crippen LogP contribution is -2.08. The molecule has 0 bridgehead atoms. The van der Waals surface area contributed by atoms with Crippen LogP contribution in [0, 0.1) is 6.92 Å². The number of imidazole rings is 1. The number of ether oxygens (including phenoxy) is 1. The minimum absolute atomic E-state index is 0.311. The summed E-state index contributed by atoms with van der Waals surface area (Å²) in [5.74, 6) is -2.05. The second kappa shape index (κ2) is 10.4. The largest absolute Gasteiger partial charge is 0.493 e. The van der Waals surface area contributed by atoms with Crippen LogP contribution in [-0.4, -0.2) is 49.8 Å². The molecule has 0 spiro atoms. The lowest BCUT2D eigenvalue weighted by atomic mass is 10.1. The smallest absolute Gasteiger partial charge is 0.336 e. The molecule has 9 nitrogen and oxygen atoms in total. The molecule has 0 aliphatic carbocycles. The molecule has 38 heavy (non-hydrogen) atoms. The fourth-order valence-corrected chi connectivity index (χ4v) is 5.07. The van der Waals surface area contributed by atoms with Crippen molar-refractivity contribution in [3.05, 3.63) is 83.0 Å². The van der Waals surface area contributed by atoms with Crippen molar-refractivity contribution in [2.24, 2.45) is 5.73 Å². The molecule has 10 heteroatoms. The Bertz CT molecular complexity index is 1670. The van der Waals surface area contributed by atoms with Gasteiger partial charge < -0.3 is 20.7 Å². The van der Waals surface area contributed by atoms with Crippen LogP contribution in [0.4, 0.5) is 0 Å². The van der Waals surface area contributed by atoms with Gasteiger partial charge in [0.2, 0.25) is 0 Å². The van der Waals surface area contributed by atoms with Gasteiger partial charge in [-0.15, -0.1) is 11.3 Å². The Hall–Kier alpha value is -4.54. The Labute approximate surface area is 221 Å². The number of hydrogen-bond acceptors (Lipinski definition) is 7. The third-order valence-corrected chi connectivity index (χ3v) is 7.03. The van der Waals surface area contributed by atoms with E-state index in [9.17, 15) is 19.8 Å². The van der Waals surface area contributed by atoms with E-state index in [-0.39, 0.29) is 11.1 Å². The van der Waals surface area contributed by atoms with E-state index in [1.807, 2.05) is 41.8 Å². The number of rotatable bonds is 9. The first-order chi connectivity index (χ1) is 18.4. The number of hydrogen-bond donors (Lipinski definition) is 3. The fourth-order valence-electron chi connectivity index (χ4n) is 4.22. The highest BCUT2D eigenvalue weighted by atomic mass is 32.1. The maximum Gasteiger partial charge on any atom is 0.336 e. The summed E-state index contributed by atoms with van der Waals surface area (Å²) in [6.45, 7) is 2.95. The van der Waals surface area contributed by atoms with E-state index in [0.29, 0.717) is 42.0 Å². The van der Waals surface area contributed by atoms with E-state index < -0.39 is 11.9 Å². The van der Waals surface area contributed by atoms with Crippen molar-refractivity contribution in [2.45, 2.75) is 13.3 Å². The molecule has 5 aromatic rings. The van der Waals surface area contributed by atoms with Gasteiger partial charge in [-0.05, 0) is 49.7 Å². The summed E-state index contributed by atoms with van der Waals surface area (Å²) in [5.41, 5.74) is 10.5. The van der Waals surface area contributed by atoms with E-state index in [1.54, 1.807) is 4.57 Å². The van der Waals surface area contributed by atoms with Crippen LogP contribution in [0.3, 0.4) is 0 Å². The lowest BCUT2D eigenvalue weighted by molar-refractivity contribution is 0.0652. The van der Waals surface area contributed by atoms with Crippen molar-refractivity contribution >= 4 is 34.3 Å². The third-order valence-electron chi connectivity index (χ3n) is 6.15. The van der Waals surface area contributed by atoms with Gasteiger partial charge in [-0.25, -0.2) is 19.6 Å². The van der Waals surface area contributed by atoms with Gasteiger partial charge >= 0.3 is 11.9 Å². The number of nitrogens with two attached hydrogens (primary N) is 1. The van der Waals surface area contributed by atoms with Crippen molar-refractivity contribution in [3.63, 3.8) is 0 Å². The molecule has 0 atom stereocenters. The summed E-state index contributed by atoms with van der Waals surface area (Å²) in [6.07, 6.45) is 2.20. The topological polar surface area (TPSA) is 141 Å². The first-order valence-corrected chi connectivity index (χ1v) is 12.7. The number of nitrogens with zero attached hydrogens (tertiary/aromatic N) is 3. The number of aromatic carboxylic acids is 2. The van der Waals surface area contributed by atoms with Crippen molar-refractivity contribution in [3.8, 4) is 33.3 Å². The SMILES string of the molecule is Cc1ccccc1-c1csc(-c2ccc(-n3cnc4cc(C(=O)O)c(C(=O)O)cc43)cc2OCCCN)n1. The maximum atomic E-state index is 11.7. The average Bonchev–Trinajstić information content (AvgIpc) is 3.55. The molecule has 0 aliphatic rings. The normalized spacial score (nSPS) is 11.1. The predicted octanol–water partition coefficient (Wildman–Crippen LogP) is 5.25. The van der Waals surface area contributed by atoms with Gasteiger partial charge in [-0.1, -0.05) is 24.3 Å². The predicted molar refractivity (Wildman–Crippen MR) is 145 cm³/mol.